The lowest BCUT2D eigenvalue weighted by Crippen LogP contribution is -2.49. The van der Waals surface area contributed by atoms with E-state index in [1.165, 1.54) is 0 Å². The molecule has 0 aliphatic carbocycles. The van der Waals surface area contributed by atoms with Crippen molar-refractivity contribution in [3.63, 3.8) is 0 Å². The number of ether oxygens (including phenoxy) is 3. The molecule has 0 unspecified atom stereocenters. The van der Waals surface area contributed by atoms with Crippen LogP contribution in [0.2, 0.25) is 0 Å². The predicted octanol–water partition coefficient (Wildman–Crippen LogP) is 1.48. The molecule has 0 saturated carbocycles. The Balaban J connectivity index is 2.64. The van der Waals surface area contributed by atoms with Gasteiger partial charge in [0, 0.05) is 20.0 Å². The second-order valence-electron chi connectivity index (χ2n) is 5.34. The molecule has 1 rings (SSSR count). The highest BCUT2D eigenvalue weighted by Gasteiger charge is 2.46. The first kappa shape index (κ1) is 15.4. The van der Waals surface area contributed by atoms with E-state index >= 15 is 0 Å². The van der Waals surface area contributed by atoms with Crippen molar-refractivity contribution in [2.75, 3.05) is 13.9 Å². The molecule has 1 aliphatic heterocycles. The zero-order chi connectivity index (χ0) is 13.8. The van der Waals surface area contributed by atoms with E-state index in [0.717, 1.165) is 0 Å². The molecule has 0 aromatic heterocycles. The van der Waals surface area contributed by atoms with Crippen molar-refractivity contribution in [3.05, 3.63) is 0 Å². The fraction of sp³-hybridized carbons (Fsp3) is 0.923. The molecule has 1 heterocycles. The molecular weight excluding hydrogens is 236 g/mol. The smallest absolute Gasteiger partial charge is 0.314 e. The van der Waals surface area contributed by atoms with Gasteiger partial charge in [-0.05, 0) is 20.3 Å². The Kier molecular flexibility index (Phi) is 5.56. The lowest BCUT2D eigenvalue weighted by atomic mass is 9.80. The maximum Gasteiger partial charge on any atom is 0.314 e. The standard InChI is InChI=1S/C13H24O5/c1-5-9(14)6-10-7-11(17-8-16-4)13(2,3)12(15)18-10/h9-11,14H,5-8H2,1-4H3/t9-,10-,11+/m1/s1. The zero-order valence-corrected chi connectivity index (χ0v) is 11.6. The van der Waals surface area contributed by atoms with Crippen LogP contribution in [0.5, 0.6) is 0 Å². The van der Waals surface area contributed by atoms with Gasteiger partial charge in [0.1, 0.15) is 12.9 Å². The third-order valence-corrected chi connectivity index (χ3v) is 3.48. The van der Waals surface area contributed by atoms with Gasteiger partial charge in [-0.2, -0.15) is 0 Å². The van der Waals surface area contributed by atoms with Gasteiger partial charge in [-0.1, -0.05) is 6.92 Å². The number of methoxy groups -OCH3 is 1. The van der Waals surface area contributed by atoms with E-state index in [4.69, 9.17) is 14.2 Å². The topological polar surface area (TPSA) is 65.0 Å². The normalized spacial score (nSPS) is 28.8. The summed E-state index contributed by atoms with van der Waals surface area (Å²) >= 11 is 0. The van der Waals surface area contributed by atoms with Crippen LogP contribution in [0, 0.1) is 5.41 Å². The van der Waals surface area contributed by atoms with Gasteiger partial charge in [0.15, 0.2) is 0 Å². The van der Waals surface area contributed by atoms with Gasteiger partial charge < -0.3 is 19.3 Å². The molecule has 1 aliphatic rings. The molecule has 0 aromatic rings. The molecule has 0 radical (unpaired) electrons. The maximum atomic E-state index is 11.9. The highest BCUT2D eigenvalue weighted by atomic mass is 16.7. The first-order chi connectivity index (χ1) is 8.41. The fourth-order valence-electron chi connectivity index (χ4n) is 2.06. The number of carbonyl (C=O) groups is 1. The van der Waals surface area contributed by atoms with Crippen LogP contribution in [-0.4, -0.2) is 43.3 Å². The SMILES string of the molecule is CC[C@@H](O)C[C@@H]1C[C@H](OCOC)C(C)(C)C(=O)O1. The fourth-order valence-corrected chi connectivity index (χ4v) is 2.06. The van der Waals surface area contributed by atoms with Crippen molar-refractivity contribution < 1.29 is 24.1 Å². The summed E-state index contributed by atoms with van der Waals surface area (Å²) < 4.78 is 15.8. The number of esters is 1. The van der Waals surface area contributed by atoms with Gasteiger partial charge in [-0.25, -0.2) is 0 Å². The highest BCUT2D eigenvalue weighted by molar-refractivity contribution is 5.77. The molecule has 18 heavy (non-hydrogen) atoms. The molecule has 5 nitrogen and oxygen atoms in total. The molecule has 0 bridgehead atoms. The highest BCUT2D eigenvalue weighted by Crippen LogP contribution is 2.35. The monoisotopic (exact) mass is 260 g/mol. The van der Waals surface area contributed by atoms with Gasteiger partial charge in [-0.15, -0.1) is 0 Å². The van der Waals surface area contributed by atoms with Crippen LogP contribution in [0.3, 0.4) is 0 Å². The van der Waals surface area contributed by atoms with E-state index in [2.05, 4.69) is 0 Å². The first-order valence-corrected chi connectivity index (χ1v) is 6.41. The molecular formula is C13H24O5. The van der Waals surface area contributed by atoms with Crippen LogP contribution in [0.4, 0.5) is 0 Å². The summed E-state index contributed by atoms with van der Waals surface area (Å²) in [5.74, 6) is -0.275. The number of aliphatic hydroxyl groups excluding tert-OH is 1. The van der Waals surface area contributed by atoms with Crippen molar-refractivity contribution in [3.8, 4) is 0 Å². The van der Waals surface area contributed by atoms with Crippen molar-refractivity contribution in [1.82, 2.24) is 0 Å². The lowest BCUT2D eigenvalue weighted by molar-refractivity contribution is -0.199. The summed E-state index contributed by atoms with van der Waals surface area (Å²) in [4.78, 5) is 11.9. The van der Waals surface area contributed by atoms with Crippen LogP contribution < -0.4 is 0 Å². The Morgan fingerprint density at radius 1 is 1.56 bits per heavy atom. The number of carbonyl (C=O) groups excluding carboxylic acids is 1. The summed E-state index contributed by atoms with van der Waals surface area (Å²) in [7, 11) is 1.55. The molecule has 1 N–H and O–H groups in total. The second kappa shape index (κ2) is 6.50. The van der Waals surface area contributed by atoms with Gasteiger partial charge in [0.2, 0.25) is 0 Å². The van der Waals surface area contributed by atoms with Crippen molar-refractivity contribution in [2.45, 2.75) is 58.3 Å². The summed E-state index contributed by atoms with van der Waals surface area (Å²) in [6, 6.07) is 0. The van der Waals surface area contributed by atoms with E-state index < -0.39 is 11.5 Å². The van der Waals surface area contributed by atoms with E-state index in [-0.39, 0.29) is 25.0 Å². The molecule has 0 amide bonds. The van der Waals surface area contributed by atoms with E-state index in [0.29, 0.717) is 19.3 Å². The largest absolute Gasteiger partial charge is 0.462 e. The quantitative estimate of drug-likeness (QED) is 0.579. The minimum atomic E-state index is -0.674. The van der Waals surface area contributed by atoms with Crippen molar-refractivity contribution in [2.24, 2.45) is 5.41 Å². The van der Waals surface area contributed by atoms with Crippen molar-refractivity contribution >= 4 is 5.97 Å². The molecule has 3 atom stereocenters. The summed E-state index contributed by atoms with van der Waals surface area (Å²) in [6.07, 6.45) is 0.757. The average Bonchev–Trinajstić information content (AvgIpc) is 2.32. The zero-order valence-electron chi connectivity index (χ0n) is 11.6. The number of hydrogen-bond donors (Lipinski definition) is 1. The molecule has 1 saturated heterocycles. The minimum Gasteiger partial charge on any atom is -0.462 e. The molecule has 0 spiro atoms. The van der Waals surface area contributed by atoms with Crippen LogP contribution in [0.15, 0.2) is 0 Å². The minimum absolute atomic E-state index is 0.157. The average molecular weight is 260 g/mol. The van der Waals surface area contributed by atoms with Gasteiger partial charge in [0.05, 0.1) is 17.6 Å². The van der Waals surface area contributed by atoms with Gasteiger partial charge in [-0.3, -0.25) is 4.79 Å². The number of hydrogen-bond acceptors (Lipinski definition) is 5. The Hall–Kier alpha value is -0.650. The van der Waals surface area contributed by atoms with Gasteiger partial charge >= 0.3 is 5.97 Å². The Bertz CT molecular complexity index is 277. The predicted molar refractivity (Wildman–Crippen MR) is 65.9 cm³/mol. The van der Waals surface area contributed by atoms with E-state index in [9.17, 15) is 9.90 Å². The third kappa shape index (κ3) is 3.67. The molecule has 0 aromatic carbocycles. The Morgan fingerprint density at radius 3 is 2.78 bits per heavy atom. The van der Waals surface area contributed by atoms with Crippen LogP contribution in [0.1, 0.15) is 40.0 Å². The molecule has 106 valence electrons. The molecule has 5 heteroatoms. The lowest BCUT2D eigenvalue weighted by Gasteiger charge is -2.40. The first-order valence-electron chi connectivity index (χ1n) is 6.41. The summed E-state index contributed by atoms with van der Waals surface area (Å²) in [5, 5.41) is 9.63. The Labute approximate surface area is 108 Å². The number of rotatable bonds is 6. The van der Waals surface area contributed by atoms with Gasteiger partial charge in [0.25, 0.3) is 0 Å². The molecule has 1 fully saturated rings. The van der Waals surface area contributed by atoms with E-state index in [1.807, 2.05) is 20.8 Å². The maximum absolute atomic E-state index is 11.9. The number of cyclic esters (lactones) is 1. The van der Waals surface area contributed by atoms with Crippen molar-refractivity contribution in [1.29, 1.82) is 0 Å². The summed E-state index contributed by atoms with van der Waals surface area (Å²) in [5.41, 5.74) is -0.674. The van der Waals surface area contributed by atoms with Crippen LogP contribution >= 0.6 is 0 Å². The second-order valence-corrected chi connectivity index (χ2v) is 5.34. The van der Waals surface area contributed by atoms with Crippen LogP contribution in [-0.2, 0) is 19.0 Å². The third-order valence-electron chi connectivity index (χ3n) is 3.48. The number of aliphatic hydroxyl groups is 1. The van der Waals surface area contributed by atoms with E-state index in [1.54, 1.807) is 7.11 Å². The summed E-state index contributed by atoms with van der Waals surface area (Å²) in [6.45, 7) is 5.67. The van der Waals surface area contributed by atoms with Crippen LogP contribution in [0.25, 0.3) is 0 Å². The Morgan fingerprint density at radius 2 is 2.22 bits per heavy atom.